The molecule has 21 heavy (non-hydrogen) atoms. The third kappa shape index (κ3) is 5.12. The first-order chi connectivity index (χ1) is 10.4. The first kappa shape index (κ1) is 15.1. The maximum atomic E-state index is 5.85. The zero-order valence-electron chi connectivity index (χ0n) is 13.0. The molecule has 3 rings (SSSR count). The van der Waals surface area contributed by atoms with Gasteiger partial charge >= 0.3 is 0 Å². The van der Waals surface area contributed by atoms with Crippen molar-refractivity contribution in [1.82, 2.24) is 0 Å². The van der Waals surface area contributed by atoms with Crippen LogP contribution in [0.1, 0.15) is 50.5 Å². The Hall–Kier alpha value is -0.860. The van der Waals surface area contributed by atoms with E-state index in [0.717, 1.165) is 19.1 Å². The molecule has 0 aromatic heterocycles. The molecule has 1 aromatic rings. The number of benzene rings is 1. The van der Waals surface area contributed by atoms with Crippen LogP contribution in [0, 0.1) is 5.92 Å². The van der Waals surface area contributed by atoms with Gasteiger partial charge in [0.2, 0.25) is 0 Å². The lowest BCUT2D eigenvalue weighted by atomic mass is 9.90. The molecule has 3 atom stereocenters. The third-order valence-electron chi connectivity index (χ3n) is 4.81. The van der Waals surface area contributed by atoms with Gasteiger partial charge in [0, 0.05) is 13.2 Å². The van der Waals surface area contributed by atoms with Crippen LogP contribution in [0.25, 0.3) is 0 Å². The molecule has 0 N–H and O–H groups in total. The van der Waals surface area contributed by atoms with Gasteiger partial charge in [-0.05, 0) is 50.0 Å². The van der Waals surface area contributed by atoms with Crippen LogP contribution in [-0.2, 0) is 15.9 Å². The second kappa shape index (κ2) is 7.95. The highest BCUT2D eigenvalue weighted by Gasteiger charge is 2.43. The van der Waals surface area contributed by atoms with Crippen LogP contribution in [0.5, 0.6) is 0 Å². The molecule has 1 aliphatic carbocycles. The van der Waals surface area contributed by atoms with Crippen LogP contribution < -0.4 is 0 Å². The minimum atomic E-state index is 0.588. The maximum absolute atomic E-state index is 5.85. The Balaban J connectivity index is 1.14. The summed E-state index contributed by atoms with van der Waals surface area (Å²) in [7, 11) is 0. The van der Waals surface area contributed by atoms with Crippen LogP contribution in [0.3, 0.4) is 0 Å². The Morgan fingerprint density at radius 3 is 2.67 bits per heavy atom. The summed E-state index contributed by atoms with van der Waals surface area (Å²) in [5, 5.41) is 0. The van der Waals surface area contributed by atoms with Gasteiger partial charge in [-0.25, -0.2) is 0 Å². The van der Waals surface area contributed by atoms with Crippen LogP contribution in [0.15, 0.2) is 30.3 Å². The minimum Gasteiger partial charge on any atom is -0.381 e. The summed E-state index contributed by atoms with van der Waals surface area (Å²) in [6.45, 7) is 1.90. The van der Waals surface area contributed by atoms with Gasteiger partial charge in [-0.2, -0.15) is 0 Å². The molecule has 0 bridgehead atoms. The van der Waals surface area contributed by atoms with E-state index in [0.29, 0.717) is 12.2 Å². The number of ether oxygens (including phenoxy) is 2. The number of rotatable bonds is 9. The molecule has 1 saturated carbocycles. The van der Waals surface area contributed by atoms with E-state index in [2.05, 4.69) is 30.3 Å². The summed E-state index contributed by atoms with van der Waals surface area (Å²) >= 11 is 0. The van der Waals surface area contributed by atoms with E-state index >= 15 is 0 Å². The molecule has 2 heteroatoms. The summed E-state index contributed by atoms with van der Waals surface area (Å²) in [6, 6.07) is 10.8. The van der Waals surface area contributed by atoms with Crippen molar-refractivity contribution >= 4 is 0 Å². The van der Waals surface area contributed by atoms with Crippen LogP contribution in [0.4, 0.5) is 0 Å². The normalized spacial score (nSPS) is 27.3. The fraction of sp³-hybridized carbons (Fsp3) is 0.684. The summed E-state index contributed by atoms with van der Waals surface area (Å²) in [4.78, 5) is 0. The predicted octanol–water partition coefficient (Wildman–Crippen LogP) is 4.37. The summed E-state index contributed by atoms with van der Waals surface area (Å²) < 4.78 is 11.4. The Kier molecular flexibility index (Phi) is 5.70. The van der Waals surface area contributed by atoms with Gasteiger partial charge < -0.3 is 9.47 Å². The standard InChI is InChI=1S/C19H28O2/c1(4-8-16-9-5-3-6-10-16)2-7-13-20-15-17-11-12-18-19(14-17)21-18/h3,5-6,9-10,17-19H,1-2,4,7-8,11-15H2. The van der Waals surface area contributed by atoms with E-state index in [9.17, 15) is 0 Å². The first-order valence-electron chi connectivity index (χ1n) is 8.69. The highest BCUT2D eigenvalue weighted by Crippen LogP contribution is 2.39. The fourth-order valence-electron chi connectivity index (χ4n) is 3.42. The maximum Gasteiger partial charge on any atom is 0.0845 e. The lowest BCUT2D eigenvalue weighted by molar-refractivity contribution is 0.0852. The Labute approximate surface area is 128 Å². The fourth-order valence-corrected chi connectivity index (χ4v) is 3.42. The number of hydrogen-bond acceptors (Lipinski definition) is 2. The van der Waals surface area contributed by atoms with Gasteiger partial charge in [-0.15, -0.1) is 0 Å². The van der Waals surface area contributed by atoms with Crippen LogP contribution >= 0.6 is 0 Å². The van der Waals surface area contributed by atoms with E-state index < -0.39 is 0 Å². The average molecular weight is 288 g/mol. The Morgan fingerprint density at radius 2 is 1.81 bits per heavy atom. The van der Waals surface area contributed by atoms with E-state index in [4.69, 9.17) is 9.47 Å². The zero-order chi connectivity index (χ0) is 14.3. The number of hydrogen-bond donors (Lipinski definition) is 0. The zero-order valence-corrected chi connectivity index (χ0v) is 13.0. The number of epoxide rings is 1. The predicted molar refractivity (Wildman–Crippen MR) is 85.4 cm³/mol. The molecule has 0 amide bonds. The van der Waals surface area contributed by atoms with Crippen molar-refractivity contribution < 1.29 is 9.47 Å². The first-order valence-corrected chi connectivity index (χ1v) is 8.69. The molecule has 0 radical (unpaired) electrons. The van der Waals surface area contributed by atoms with Crippen molar-refractivity contribution in [3.63, 3.8) is 0 Å². The highest BCUT2D eigenvalue weighted by atomic mass is 16.6. The Bertz CT molecular complexity index is 403. The lowest BCUT2D eigenvalue weighted by Crippen LogP contribution is -2.18. The molecular formula is C19H28O2. The minimum absolute atomic E-state index is 0.588. The molecule has 1 saturated heterocycles. The van der Waals surface area contributed by atoms with Gasteiger partial charge in [0.05, 0.1) is 12.2 Å². The molecule has 2 nitrogen and oxygen atoms in total. The quantitative estimate of drug-likeness (QED) is 0.497. The molecule has 1 heterocycles. The smallest absolute Gasteiger partial charge is 0.0845 e. The van der Waals surface area contributed by atoms with Crippen molar-refractivity contribution in [3.05, 3.63) is 35.9 Å². The van der Waals surface area contributed by atoms with Gasteiger partial charge in [0.25, 0.3) is 0 Å². The largest absolute Gasteiger partial charge is 0.381 e. The molecule has 0 spiro atoms. The van der Waals surface area contributed by atoms with Crippen LogP contribution in [-0.4, -0.2) is 25.4 Å². The SMILES string of the molecule is c1ccc(CCCCCCOCC2CCC3OC3C2)cc1. The van der Waals surface area contributed by atoms with Crippen molar-refractivity contribution in [2.75, 3.05) is 13.2 Å². The van der Waals surface area contributed by atoms with E-state index in [-0.39, 0.29) is 0 Å². The number of fused-ring (bicyclic) bond motifs is 1. The third-order valence-corrected chi connectivity index (χ3v) is 4.81. The van der Waals surface area contributed by atoms with Gasteiger partial charge in [-0.3, -0.25) is 0 Å². The molecule has 3 unspecified atom stereocenters. The molecule has 2 aliphatic rings. The summed E-state index contributed by atoms with van der Waals surface area (Å²) in [5.74, 6) is 0.756. The molecule has 1 aromatic carbocycles. The summed E-state index contributed by atoms with van der Waals surface area (Å²) in [5.41, 5.74) is 1.46. The van der Waals surface area contributed by atoms with Crippen LogP contribution in [0.2, 0.25) is 0 Å². The average Bonchev–Trinajstić information content (AvgIpc) is 3.29. The molecule has 1 aliphatic heterocycles. The van der Waals surface area contributed by atoms with E-state index in [1.807, 2.05) is 0 Å². The van der Waals surface area contributed by atoms with E-state index in [1.54, 1.807) is 0 Å². The molecule has 2 fully saturated rings. The topological polar surface area (TPSA) is 21.8 Å². The lowest BCUT2D eigenvalue weighted by Gasteiger charge is -2.18. The van der Waals surface area contributed by atoms with Crippen molar-refractivity contribution in [1.29, 1.82) is 0 Å². The van der Waals surface area contributed by atoms with Gasteiger partial charge in [0.15, 0.2) is 0 Å². The number of unbranched alkanes of at least 4 members (excludes halogenated alkanes) is 3. The van der Waals surface area contributed by atoms with Crippen molar-refractivity contribution in [2.24, 2.45) is 5.92 Å². The second-order valence-corrected chi connectivity index (χ2v) is 6.62. The van der Waals surface area contributed by atoms with Gasteiger partial charge in [0.1, 0.15) is 0 Å². The van der Waals surface area contributed by atoms with Gasteiger partial charge in [-0.1, -0.05) is 43.2 Å². The van der Waals surface area contributed by atoms with Crippen molar-refractivity contribution in [3.8, 4) is 0 Å². The molecule has 116 valence electrons. The summed E-state index contributed by atoms with van der Waals surface area (Å²) in [6.07, 6.45) is 11.3. The second-order valence-electron chi connectivity index (χ2n) is 6.62. The monoisotopic (exact) mass is 288 g/mol. The Morgan fingerprint density at radius 1 is 0.952 bits per heavy atom. The van der Waals surface area contributed by atoms with Crippen molar-refractivity contribution in [2.45, 2.75) is 63.6 Å². The number of aryl methyl sites for hydroxylation is 1. The molecular weight excluding hydrogens is 260 g/mol. The highest BCUT2D eigenvalue weighted by molar-refractivity contribution is 5.14. The van der Waals surface area contributed by atoms with E-state index in [1.165, 1.54) is 56.9 Å².